The Balaban J connectivity index is 1.37. The Hall–Kier alpha value is -3.38. The van der Waals surface area contributed by atoms with Gasteiger partial charge in [0.15, 0.2) is 0 Å². The molecule has 0 saturated heterocycles. The average Bonchev–Trinajstić information content (AvgIpc) is 3.39. The lowest BCUT2D eigenvalue weighted by Gasteiger charge is -2.33. The van der Waals surface area contributed by atoms with Gasteiger partial charge in [-0.2, -0.15) is 0 Å². The molecule has 0 bridgehead atoms. The molecule has 0 heterocycles. The highest BCUT2D eigenvalue weighted by atomic mass is 14.4. The van der Waals surface area contributed by atoms with Crippen molar-refractivity contribution in [1.29, 1.82) is 0 Å². The molecule has 0 spiro atoms. The number of hydrogen-bond acceptors (Lipinski definition) is 0. The van der Waals surface area contributed by atoms with Gasteiger partial charge in [0.05, 0.1) is 0 Å². The van der Waals surface area contributed by atoms with Crippen molar-refractivity contribution in [3.05, 3.63) is 136 Å². The van der Waals surface area contributed by atoms with E-state index in [4.69, 9.17) is 0 Å². The fourth-order valence-corrected chi connectivity index (χ4v) is 6.56. The van der Waals surface area contributed by atoms with Crippen molar-refractivity contribution in [3.8, 4) is 0 Å². The van der Waals surface area contributed by atoms with Crippen molar-refractivity contribution in [2.45, 2.75) is 44.9 Å². The van der Waals surface area contributed by atoms with Crippen molar-refractivity contribution < 1.29 is 0 Å². The third kappa shape index (κ3) is 3.28. The van der Waals surface area contributed by atoms with Crippen LogP contribution in [0.5, 0.6) is 0 Å². The Labute approximate surface area is 203 Å². The van der Waals surface area contributed by atoms with Crippen molar-refractivity contribution in [2.75, 3.05) is 0 Å². The fourth-order valence-electron chi connectivity index (χ4n) is 6.56. The molecule has 3 aliphatic rings. The lowest BCUT2D eigenvalue weighted by Crippen LogP contribution is -2.26. The van der Waals surface area contributed by atoms with Crippen LogP contribution in [0.2, 0.25) is 0 Å². The zero-order valence-electron chi connectivity index (χ0n) is 20.4. The minimum absolute atomic E-state index is 0.0359. The minimum atomic E-state index is 0.0359. The summed E-state index contributed by atoms with van der Waals surface area (Å²) < 4.78 is 0. The van der Waals surface area contributed by atoms with Crippen LogP contribution in [0.15, 0.2) is 103 Å². The first-order chi connectivity index (χ1) is 16.6. The summed E-state index contributed by atoms with van der Waals surface area (Å²) in [6, 6.07) is 27.0. The molecule has 0 amide bonds. The largest absolute Gasteiger partial charge is 0.0729 e. The zero-order valence-corrected chi connectivity index (χ0v) is 20.4. The maximum absolute atomic E-state index is 2.58. The molecule has 6 rings (SSSR count). The predicted octanol–water partition coefficient (Wildman–Crippen LogP) is 6.99. The van der Waals surface area contributed by atoms with Crippen LogP contribution in [0.3, 0.4) is 0 Å². The van der Waals surface area contributed by atoms with Crippen molar-refractivity contribution in [1.82, 2.24) is 0 Å². The average molecular weight is 441 g/mol. The lowest BCUT2D eigenvalue weighted by molar-refractivity contribution is 0.471. The molecule has 0 aliphatic heterocycles. The van der Waals surface area contributed by atoms with Gasteiger partial charge in [-0.05, 0) is 63.6 Å². The second-order valence-corrected chi connectivity index (χ2v) is 10.5. The van der Waals surface area contributed by atoms with Gasteiger partial charge in [0.25, 0.3) is 0 Å². The van der Waals surface area contributed by atoms with Crippen molar-refractivity contribution >= 4 is 16.7 Å². The third-order valence-electron chi connectivity index (χ3n) is 8.28. The lowest BCUT2D eigenvalue weighted by atomic mass is 9.70. The van der Waals surface area contributed by atoms with Crippen LogP contribution in [-0.2, 0) is 5.41 Å². The van der Waals surface area contributed by atoms with Gasteiger partial charge in [0, 0.05) is 17.3 Å². The maximum Gasteiger partial charge on any atom is 0.0246 e. The molecule has 0 saturated carbocycles. The van der Waals surface area contributed by atoms with Crippen molar-refractivity contribution in [2.24, 2.45) is 5.92 Å². The zero-order chi connectivity index (χ0) is 23.3. The minimum Gasteiger partial charge on any atom is -0.0729 e. The SMILES string of the molecule is Cc1ccccc1C(C)(C)C1C=C(CCC2=c3ccccc3=C3C=CC=CC32)c2ccccc21. The molecule has 0 N–H and O–H groups in total. The van der Waals surface area contributed by atoms with Gasteiger partial charge in [0.2, 0.25) is 0 Å². The fraction of sp³-hybridized carbons (Fsp3) is 0.235. The molecule has 3 aliphatic carbocycles. The highest BCUT2D eigenvalue weighted by Crippen LogP contribution is 2.49. The van der Waals surface area contributed by atoms with Gasteiger partial charge in [-0.15, -0.1) is 0 Å². The third-order valence-corrected chi connectivity index (χ3v) is 8.28. The Morgan fingerprint density at radius 2 is 1.50 bits per heavy atom. The van der Waals surface area contributed by atoms with E-state index in [1.54, 1.807) is 5.57 Å². The van der Waals surface area contributed by atoms with E-state index in [2.05, 4.69) is 124 Å². The van der Waals surface area contributed by atoms with Gasteiger partial charge < -0.3 is 0 Å². The molecule has 0 aromatic heterocycles. The summed E-state index contributed by atoms with van der Waals surface area (Å²) in [6.45, 7) is 7.08. The molecule has 0 fully saturated rings. The predicted molar refractivity (Wildman–Crippen MR) is 145 cm³/mol. The summed E-state index contributed by atoms with van der Waals surface area (Å²) in [5.74, 6) is 0.819. The standard InChI is InChI=1S/C34H32/c1-23-12-4-11-19-32(23)34(2,3)33-22-24(25-13-5-10-18-31(25)33)20-21-30-28-16-8-6-14-26(28)27-15-7-9-17-29(27)30/h4-19,22,28,33H,20-21H2,1-3H3. The smallest absolute Gasteiger partial charge is 0.0246 e. The topological polar surface area (TPSA) is 0 Å². The van der Waals surface area contributed by atoms with E-state index in [9.17, 15) is 0 Å². The van der Waals surface area contributed by atoms with Crippen LogP contribution in [0.25, 0.3) is 16.7 Å². The number of fused-ring (bicyclic) bond motifs is 3. The van der Waals surface area contributed by atoms with Crippen LogP contribution in [0.4, 0.5) is 0 Å². The van der Waals surface area contributed by atoms with E-state index in [1.165, 1.54) is 43.8 Å². The Morgan fingerprint density at radius 1 is 0.765 bits per heavy atom. The number of allylic oxidation sites excluding steroid dienone is 6. The van der Waals surface area contributed by atoms with Crippen LogP contribution >= 0.6 is 0 Å². The van der Waals surface area contributed by atoms with E-state index < -0.39 is 0 Å². The molecule has 0 nitrogen and oxygen atoms in total. The number of rotatable bonds is 5. The molecule has 3 aromatic rings. The van der Waals surface area contributed by atoms with E-state index in [1.807, 2.05) is 0 Å². The second kappa shape index (κ2) is 8.13. The molecule has 168 valence electrons. The van der Waals surface area contributed by atoms with Gasteiger partial charge in [-0.3, -0.25) is 0 Å². The monoisotopic (exact) mass is 440 g/mol. The number of benzene rings is 3. The van der Waals surface area contributed by atoms with Gasteiger partial charge in [-0.25, -0.2) is 0 Å². The molecule has 0 heteroatoms. The first-order valence-corrected chi connectivity index (χ1v) is 12.6. The van der Waals surface area contributed by atoms with E-state index in [0.717, 1.165) is 12.8 Å². The van der Waals surface area contributed by atoms with E-state index >= 15 is 0 Å². The highest BCUT2D eigenvalue weighted by Gasteiger charge is 2.37. The van der Waals surface area contributed by atoms with E-state index in [0.29, 0.717) is 11.8 Å². The summed E-state index contributed by atoms with van der Waals surface area (Å²) in [5, 5.41) is 2.87. The summed E-state index contributed by atoms with van der Waals surface area (Å²) in [6.07, 6.45) is 13.8. The van der Waals surface area contributed by atoms with Crippen LogP contribution < -0.4 is 10.4 Å². The first kappa shape index (κ1) is 21.2. The van der Waals surface area contributed by atoms with Crippen LogP contribution in [-0.4, -0.2) is 0 Å². The molecular weight excluding hydrogens is 408 g/mol. The quantitative estimate of drug-likeness (QED) is 0.401. The molecule has 3 aromatic carbocycles. The highest BCUT2D eigenvalue weighted by molar-refractivity contribution is 5.82. The normalized spacial score (nSPS) is 20.3. The van der Waals surface area contributed by atoms with Crippen LogP contribution in [0, 0.1) is 12.8 Å². The molecule has 2 unspecified atom stereocenters. The Kier molecular flexibility index (Phi) is 5.06. The van der Waals surface area contributed by atoms with Crippen LogP contribution in [0.1, 0.15) is 54.9 Å². The Bertz CT molecular complexity index is 1490. The molecule has 2 atom stereocenters. The summed E-state index contributed by atoms with van der Waals surface area (Å²) in [4.78, 5) is 0. The second-order valence-electron chi connectivity index (χ2n) is 10.5. The molecular formula is C34H32. The van der Waals surface area contributed by atoms with Gasteiger partial charge in [0.1, 0.15) is 0 Å². The number of hydrogen-bond donors (Lipinski definition) is 0. The summed E-state index contributed by atoms with van der Waals surface area (Å²) >= 11 is 0. The Morgan fingerprint density at radius 3 is 2.35 bits per heavy atom. The van der Waals surface area contributed by atoms with Crippen molar-refractivity contribution in [3.63, 3.8) is 0 Å². The maximum atomic E-state index is 2.58. The number of aryl methyl sites for hydroxylation is 1. The summed E-state index contributed by atoms with van der Waals surface area (Å²) in [7, 11) is 0. The van der Waals surface area contributed by atoms with Gasteiger partial charge in [-0.1, -0.05) is 123 Å². The molecule has 0 radical (unpaired) electrons. The van der Waals surface area contributed by atoms with E-state index in [-0.39, 0.29) is 5.41 Å². The van der Waals surface area contributed by atoms with Gasteiger partial charge >= 0.3 is 0 Å². The molecule has 34 heavy (non-hydrogen) atoms. The summed E-state index contributed by atoms with van der Waals surface area (Å²) in [5.41, 5.74) is 10.3. The first-order valence-electron chi connectivity index (χ1n) is 12.6.